The van der Waals surface area contributed by atoms with E-state index in [1.54, 1.807) is 0 Å². The molecule has 1 fully saturated rings. The zero-order valence-electron chi connectivity index (χ0n) is 12.7. The molecule has 3 N–H and O–H groups in total. The summed E-state index contributed by atoms with van der Waals surface area (Å²) in [7, 11) is 2.20. The molecule has 2 aliphatic heterocycles. The number of ether oxygens (including phenoxy) is 2. The molecule has 0 unspecified atom stereocenters. The van der Waals surface area contributed by atoms with Crippen molar-refractivity contribution in [2.45, 2.75) is 19.3 Å². The lowest BCUT2D eigenvalue weighted by molar-refractivity contribution is 0.172. The molecular formula is C16H25N3O2. The van der Waals surface area contributed by atoms with Crippen LogP contribution in [-0.4, -0.2) is 44.8 Å². The first-order valence-electron chi connectivity index (χ1n) is 7.84. The van der Waals surface area contributed by atoms with Gasteiger partial charge in [0.1, 0.15) is 13.2 Å². The Labute approximate surface area is 126 Å². The van der Waals surface area contributed by atoms with Crippen molar-refractivity contribution < 1.29 is 9.47 Å². The van der Waals surface area contributed by atoms with Gasteiger partial charge in [-0.25, -0.2) is 0 Å². The number of nitrogen functional groups attached to an aromatic ring is 1. The van der Waals surface area contributed by atoms with Crippen molar-refractivity contribution in [3.05, 3.63) is 12.1 Å². The molecule has 0 bridgehead atoms. The highest BCUT2D eigenvalue weighted by Crippen LogP contribution is 2.37. The first kappa shape index (κ1) is 14.3. The van der Waals surface area contributed by atoms with Crippen molar-refractivity contribution in [2.75, 3.05) is 50.9 Å². The van der Waals surface area contributed by atoms with Crippen LogP contribution in [0.1, 0.15) is 19.3 Å². The molecule has 2 heterocycles. The van der Waals surface area contributed by atoms with Crippen LogP contribution in [0.4, 0.5) is 11.4 Å². The molecule has 0 radical (unpaired) electrons. The van der Waals surface area contributed by atoms with Gasteiger partial charge in [0, 0.05) is 18.7 Å². The molecule has 1 saturated heterocycles. The van der Waals surface area contributed by atoms with Crippen molar-refractivity contribution in [1.29, 1.82) is 0 Å². The molecule has 2 aliphatic rings. The fraction of sp³-hybridized carbons (Fsp3) is 0.625. The second-order valence-corrected chi connectivity index (χ2v) is 6.05. The summed E-state index contributed by atoms with van der Waals surface area (Å²) in [5.74, 6) is 2.36. The highest BCUT2D eigenvalue weighted by Gasteiger charge is 2.17. The van der Waals surface area contributed by atoms with Crippen LogP contribution in [0, 0.1) is 5.92 Å². The Balaban J connectivity index is 1.53. The number of hydrogen-bond donors (Lipinski definition) is 2. The van der Waals surface area contributed by atoms with Gasteiger partial charge in [0.05, 0.1) is 11.4 Å². The quantitative estimate of drug-likeness (QED) is 0.833. The molecule has 21 heavy (non-hydrogen) atoms. The lowest BCUT2D eigenvalue weighted by Crippen LogP contribution is -2.30. The summed E-state index contributed by atoms with van der Waals surface area (Å²) in [4.78, 5) is 2.41. The smallest absolute Gasteiger partial charge is 0.163 e. The van der Waals surface area contributed by atoms with Gasteiger partial charge >= 0.3 is 0 Å². The van der Waals surface area contributed by atoms with Gasteiger partial charge in [0.15, 0.2) is 11.5 Å². The summed E-state index contributed by atoms with van der Waals surface area (Å²) in [6.45, 7) is 4.59. The van der Waals surface area contributed by atoms with Gasteiger partial charge < -0.3 is 25.4 Å². The monoisotopic (exact) mass is 291 g/mol. The van der Waals surface area contributed by atoms with Crippen molar-refractivity contribution in [1.82, 2.24) is 4.90 Å². The third-order valence-corrected chi connectivity index (χ3v) is 4.42. The molecule has 0 atom stereocenters. The molecule has 0 aliphatic carbocycles. The fourth-order valence-electron chi connectivity index (χ4n) is 3.02. The highest BCUT2D eigenvalue weighted by molar-refractivity contribution is 5.72. The third kappa shape index (κ3) is 3.53. The van der Waals surface area contributed by atoms with Crippen LogP contribution in [0.5, 0.6) is 11.5 Å². The van der Waals surface area contributed by atoms with Gasteiger partial charge in [0.25, 0.3) is 0 Å². The van der Waals surface area contributed by atoms with E-state index in [-0.39, 0.29) is 0 Å². The normalized spacial score (nSPS) is 19.5. The zero-order valence-corrected chi connectivity index (χ0v) is 12.7. The minimum Gasteiger partial charge on any atom is -0.486 e. The van der Waals surface area contributed by atoms with Gasteiger partial charge in [-0.15, -0.1) is 0 Å². The standard InChI is InChI=1S/C16H25N3O2/c1-19-6-3-12(4-7-19)2-5-18-14-11-16-15(10-13(14)17)20-8-9-21-16/h10-12,18H,2-9,17H2,1H3. The van der Waals surface area contributed by atoms with Gasteiger partial charge in [-0.1, -0.05) is 0 Å². The van der Waals surface area contributed by atoms with E-state index in [0.717, 1.165) is 35.3 Å². The van der Waals surface area contributed by atoms with E-state index in [9.17, 15) is 0 Å². The number of piperidine rings is 1. The van der Waals surface area contributed by atoms with Crippen LogP contribution >= 0.6 is 0 Å². The molecule has 1 aromatic carbocycles. The van der Waals surface area contributed by atoms with E-state index in [1.165, 1.54) is 32.4 Å². The minimum absolute atomic E-state index is 0.593. The third-order valence-electron chi connectivity index (χ3n) is 4.42. The maximum atomic E-state index is 6.08. The van der Waals surface area contributed by atoms with E-state index in [0.29, 0.717) is 13.2 Å². The van der Waals surface area contributed by atoms with Gasteiger partial charge in [0.2, 0.25) is 0 Å². The lowest BCUT2D eigenvalue weighted by Gasteiger charge is -2.29. The Morgan fingerprint density at radius 3 is 2.57 bits per heavy atom. The molecule has 0 amide bonds. The first-order chi connectivity index (χ1) is 10.2. The van der Waals surface area contributed by atoms with Crippen LogP contribution < -0.4 is 20.5 Å². The van der Waals surface area contributed by atoms with E-state index >= 15 is 0 Å². The van der Waals surface area contributed by atoms with Crippen LogP contribution in [0.15, 0.2) is 12.1 Å². The average Bonchev–Trinajstić information content (AvgIpc) is 2.50. The topological polar surface area (TPSA) is 59.8 Å². The second kappa shape index (κ2) is 6.43. The van der Waals surface area contributed by atoms with Crippen molar-refractivity contribution >= 4 is 11.4 Å². The summed E-state index contributed by atoms with van der Waals surface area (Å²) in [6.07, 6.45) is 3.80. The van der Waals surface area contributed by atoms with Crippen molar-refractivity contribution in [3.8, 4) is 11.5 Å². The van der Waals surface area contributed by atoms with Crippen LogP contribution in [-0.2, 0) is 0 Å². The SMILES string of the molecule is CN1CCC(CCNc2cc3c(cc2N)OCCO3)CC1. The number of nitrogens with one attached hydrogen (secondary N) is 1. The molecular weight excluding hydrogens is 266 g/mol. The number of rotatable bonds is 4. The van der Waals surface area contributed by atoms with E-state index in [1.807, 2.05) is 12.1 Å². The Bertz CT molecular complexity index is 485. The highest BCUT2D eigenvalue weighted by atomic mass is 16.6. The molecule has 3 rings (SSSR count). The Hall–Kier alpha value is -1.62. The lowest BCUT2D eigenvalue weighted by atomic mass is 9.94. The molecule has 0 saturated carbocycles. The molecule has 0 aromatic heterocycles. The average molecular weight is 291 g/mol. The summed E-state index contributed by atoms with van der Waals surface area (Å²) in [6, 6.07) is 3.81. The zero-order chi connectivity index (χ0) is 14.7. The molecule has 0 spiro atoms. The molecule has 116 valence electrons. The van der Waals surface area contributed by atoms with E-state index in [4.69, 9.17) is 15.2 Å². The maximum absolute atomic E-state index is 6.08. The summed E-state index contributed by atoms with van der Waals surface area (Å²) >= 11 is 0. The predicted molar refractivity (Wildman–Crippen MR) is 85.2 cm³/mol. The molecule has 5 heteroatoms. The summed E-state index contributed by atoms with van der Waals surface area (Å²) in [5.41, 5.74) is 7.75. The Kier molecular flexibility index (Phi) is 4.39. The Morgan fingerprint density at radius 1 is 1.19 bits per heavy atom. The second-order valence-electron chi connectivity index (χ2n) is 6.05. The number of nitrogens with two attached hydrogens (primary N) is 1. The molecule has 5 nitrogen and oxygen atoms in total. The van der Waals surface area contributed by atoms with Gasteiger partial charge in [-0.2, -0.15) is 0 Å². The minimum atomic E-state index is 0.593. The van der Waals surface area contributed by atoms with Crippen molar-refractivity contribution in [2.24, 2.45) is 5.92 Å². The number of benzene rings is 1. The summed E-state index contributed by atoms with van der Waals surface area (Å²) < 4.78 is 11.1. The number of fused-ring (bicyclic) bond motifs is 1. The van der Waals surface area contributed by atoms with Crippen LogP contribution in [0.25, 0.3) is 0 Å². The number of likely N-dealkylation sites (tertiary alicyclic amines) is 1. The van der Waals surface area contributed by atoms with Gasteiger partial charge in [-0.05, 0) is 45.3 Å². The first-order valence-corrected chi connectivity index (χ1v) is 7.84. The Morgan fingerprint density at radius 2 is 1.86 bits per heavy atom. The van der Waals surface area contributed by atoms with Crippen LogP contribution in [0.3, 0.4) is 0 Å². The van der Waals surface area contributed by atoms with Gasteiger partial charge in [-0.3, -0.25) is 0 Å². The van der Waals surface area contributed by atoms with E-state index < -0.39 is 0 Å². The summed E-state index contributed by atoms with van der Waals surface area (Å²) in [5, 5.41) is 3.45. The predicted octanol–water partition coefficient (Wildman–Crippen LogP) is 2.18. The van der Waals surface area contributed by atoms with E-state index in [2.05, 4.69) is 17.3 Å². The number of hydrogen-bond acceptors (Lipinski definition) is 5. The van der Waals surface area contributed by atoms with Crippen molar-refractivity contribution in [3.63, 3.8) is 0 Å². The largest absolute Gasteiger partial charge is 0.486 e. The maximum Gasteiger partial charge on any atom is 0.163 e. The van der Waals surface area contributed by atoms with Crippen LogP contribution in [0.2, 0.25) is 0 Å². The number of anilines is 2. The number of nitrogens with zero attached hydrogens (tertiary/aromatic N) is 1. The fourth-order valence-corrected chi connectivity index (χ4v) is 3.02. The molecule has 1 aromatic rings.